The number of halogens is 1. The van der Waals surface area contributed by atoms with Crippen LogP contribution in [0, 0.1) is 0 Å². The maximum Gasteiger partial charge on any atom is 0.148 e. The fourth-order valence-electron chi connectivity index (χ4n) is 2.38. The summed E-state index contributed by atoms with van der Waals surface area (Å²) >= 11 is 8.27. The Balaban J connectivity index is 1.92. The molecular weight excluding hydrogens is 342 g/mol. The van der Waals surface area contributed by atoms with Crippen LogP contribution in [0.1, 0.15) is 58.1 Å². The summed E-state index contributed by atoms with van der Waals surface area (Å²) in [6.45, 7) is 6.75. The molecule has 0 radical (unpaired) electrons. The topological polar surface area (TPSA) is 47.0 Å². The molecule has 1 aromatic heterocycles. The van der Waals surface area contributed by atoms with Gasteiger partial charge in [-0.2, -0.15) is 11.8 Å². The predicted octanol–water partition coefficient (Wildman–Crippen LogP) is 5.21. The molecule has 0 saturated heterocycles. The number of nitrogens with one attached hydrogen (secondary N) is 1. The molecule has 24 heavy (non-hydrogen) atoms. The van der Waals surface area contributed by atoms with Crippen LogP contribution in [0.15, 0.2) is 6.33 Å². The lowest BCUT2D eigenvalue weighted by molar-refractivity contribution is 0.164. The Morgan fingerprint density at radius 1 is 1.04 bits per heavy atom. The van der Waals surface area contributed by atoms with Crippen molar-refractivity contribution in [1.82, 2.24) is 9.97 Å². The van der Waals surface area contributed by atoms with Gasteiger partial charge in [-0.3, -0.25) is 0 Å². The quantitative estimate of drug-likeness (QED) is 0.427. The Morgan fingerprint density at radius 3 is 2.54 bits per heavy atom. The van der Waals surface area contributed by atoms with E-state index in [0.29, 0.717) is 5.02 Å². The molecule has 0 spiro atoms. The Hall–Kier alpha value is -0.520. The first-order valence-corrected chi connectivity index (χ1v) is 10.7. The lowest BCUT2D eigenvalue weighted by Gasteiger charge is -2.09. The summed E-state index contributed by atoms with van der Waals surface area (Å²) in [5.74, 6) is 3.17. The molecule has 0 aliphatic carbocycles. The highest BCUT2D eigenvalue weighted by Gasteiger charge is 2.06. The molecule has 0 fully saturated rings. The highest BCUT2D eigenvalue weighted by atomic mass is 35.5. The normalized spacial score (nSPS) is 11.0. The van der Waals surface area contributed by atoms with Crippen molar-refractivity contribution in [1.29, 1.82) is 0 Å². The van der Waals surface area contributed by atoms with Gasteiger partial charge in [-0.05, 0) is 31.9 Å². The van der Waals surface area contributed by atoms with E-state index in [1.807, 2.05) is 18.7 Å². The fraction of sp³-hybridized carbons (Fsp3) is 0.778. The summed E-state index contributed by atoms with van der Waals surface area (Å²) in [4.78, 5) is 8.40. The van der Waals surface area contributed by atoms with Crippen LogP contribution in [0.4, 0.5) is 5.82 Å². The van der Waals surface area contributed by atoms with Crippen LogP contribution in [0.25, 0.3) is 0 Å². The maximum absolute atomic E-state index is 6.26. The minimum absolute atomic E-state index is 0.668. The van der Waals surface area contributed by atoms with Crippen LogP contribution in [-0.2, 0) is 11.2 Å². The third kappa shape index (κ3) is 9.70. The molecule has 1 N–H and O–H groups in total. The SMILES string of the molecule is CCOCCSCCCCCCCCNc1ncnc(CC)c1Cl. The lowest BCUT2D eigenvalue weighted by atomic mass is 10.1. The summed E-state index contributed by atoms with van der Waals surface area (Å²) in [7, 11) is 0. The van der Waals surface area contributed by atoms with Crippen molar-refractivity contribution >= 4 is 29.2 Å². The molecule has 0 unspecified atom stereocenters. The van der Waals surface area contributed by atoms with Gasteiger partial charge in [0.25, 0.3) is 0 Å². The van der Waals surface area contributed by atoms with E-state index in [-0.39, 0.29) is 0 Å². The van der Waals surface area contributed by atoms with Crippen LogP contribution in [-0.4, -0.2) is 41.2 Å². The van der Waals surface area contributed by atoms with Crippen molar-refractivity contribution in [3.8, 4) is 0 Å². The Kier molecular flexibility index (Phi) is 13.3. The highest BCUT2D eigenvalue weighted by molar-refractivity contribution is 7.99. The summed E-state index contributed by atoms with van der Waals surface area (Å²) in [5.41, 5.74) is 0.910. The van der Waals surface area contributed by atoms with Gasteiger partial charge in [0.05, 0.1) is 12.3 Å². The number of aromatic nitrogens is 2. The third-order valence-corrected chi connectivity index (χ3v) is 5.21. The average molecular weight is 374 g/mol. The van der Waals surface area contributed by atoms with E-state index in [9.17, 15) is 0 Å². The summed E-state index contributed by atoms with van der Waals surface area (Å²) in [6, 6.07) is 0. The number of aryl methyl sites for hydroxylation is 1. The fourth-order valence-corrected chi connectivity index (χ4v) is 3.53. The van der Waals surface area contributed by atoms with Crippen molar-refractivity contribution in [3.63, 3.8) is 0 Å². The number of rotatable bonds is 15. The first-order valence-electron chi connectivity index (χ1n) is 9.18. The molecule has 0 aliphatic rings. The monoisotopic (exact) mass is 373 g/mol. The number of thioether (sulfide) groups is 1. The molecule has 1 rings (SSSR count). The van der Waals surface area contributed by atoms with E-state index in [1.54, 1.807) is 6.33 Å². The molecule has 138 valence electrons. The van der Waals surface area contributed by atoms with Gasteiger partial charge in [-0.15, -0.1) is 0 Å². The molecule has 0 bridgehead atoms. The van der Waals surface area contributed by atoms with E-state index in [4.69, 9.17) is 16.3 Å². The summed E-state index contributed by atoms with van der Waals surface area (Å²) in [5, 5.41) is 3.99. The summed E-state index contributed by atoms with van der Waals surface area (Å²) < 4.78 is 5.33. The Labute approximate surface area is 156 Å². The van der Waals surface area contributed by atoms with Crippen LogP contribution in [0.5, 0.6) is 0 Å². The van der Waals surface area contributed by atoms with Gasteiger partial charge >= 0.3 is 0 Å². The molecule has 4 nitrogen and oxygen atoms in total. The second-order valence-corrected chi connectivity index (χ2v) is 7.30. The number of nitrogens with zero attached hydrogens (tertiary/aromatic N) is 2. The second-order valence-electron chi connectivity index (χ2n) is 5.69. The van der Waals surface area contributed by atoms with E-state index in [2.05, 4.69) is 22.2 Å². The molecule has 0 aliphatic heterocycles. The van der Waals surface area contributed by atoms with Gasteiger partial charge in [0.15, 0.2) is 0 Å². The van der Waals surface area contributed by atoms with E-state index in [1.165, 1.54) is 37.9 Å². The van der Waals surface area contributed by atoms with Gasteiger partial charge in [0.2, 0.25) is 0 Å². The zero-order valence-corrected chi connectivity index (χ0v) is 16.7. The highest BCUT2D eigenvalue weighted by Crippen LogP contribution is 2.22. The van der Waals surface area contributed by atoms with Crippen molar-refractivity contribution in [3.05, 3.63) is 17.0 Å². The second kappa shape index (κ2) is 14.8. The smallest absolute Gasteiger partial charge is 0.148 e. The Bertz CT molecular complexity index is 435. The minimum atomic E-state index is 0.668. The van der Waals surface area contributed by atoms with E-state index in [0.717, 1.165) is 49.9 Å². The van der Waals surface area contributed by atoms with Crippen molar-refractivity contribution in [2.45, 2.75) is 58.8 Å². The number of hydrogen-bond donors (Lipinski definition) is 1. The predicted molar refractivity (Wildman–Crippen MR) is 106 cm³/mol. The molecule has 1 heterocycles. The van der Waals surface area contributed by atoms with Crippen LogP contribution in [0.3, 0.4) is 0 Å². The third-order valence-electron chi connectivity index (χ3n) is 3.78. The first-order chi connectivity index (χ1) is 11.8. The van der Waals surface area contributed by atoms with Crippen LogP contribution >= 0.6 is 23.4 Å². The van der Waals surface area contributed by atoms with Gasteiger partial charge in [-0.25, -0.2) is 9.97 Å². The first kappa shape index (κ1) is 21.5. The number of hydrogen-bond acceptors (Lipinski definition) is 5. The largest absolute Gasteiger partial charge is 0.381 e. The van der Waals surface area contributed by atoms with Gasteiger partial charge in [0.1, 0.15) is 17.2 Å². The molecular formula is C18H32ClN3OS. The number of anilines is 1. The van der Waals surface area contributed by atoms with Gasteiger partial charge in [0, 0.05) is 18.9 Å². The maximum atomic E-state index is 6.26. The molecule has 1 aromatic rings. The molecule has 0 atom stereocenters. The number of unbranched alkanes of at least 4 members (excludes halogenated alkanes) is 5. The number of ether oxygens (including phenoxy) is 1. The molecule has 0 saturated carbocycles. The van der Waals surface area contributed by atoms with E-state index < -0.39 is 0 Å². The molecule has 0 aromatic carbocycles. The summed E-state index contributed by atoms with van der Waals surface area (Å²) in [6.07, 6.45) is 10.1. The molecule has 6 heteroatoms. The van der Waals surface area contributed by atoms with Crippen LogP contribution < -0.4 is 5.32 Å². The van der Waals surface area contributed by atoms with Crippen molar-refractivity contribution < 1.29 is 4.74 Å². The van der Waals surface area contributed by atoms with Gasteiger partial charge < -0.3 is 10.1 Å². The average Bonchev–Trinajstić information content (AvgIpc) is 2.60. The van der Waals surface area contributed by atoms with Gasteiger partial charge in [-0.1, -0.05) is 44.2 Å². The zero-order valence-electron chi connectivity index (χ0n) is 15.2. The molecule has 0 amide bonds. The van der Waals surface area contributed by atoms with E-state index >= 15 is 0 Å². The van der Waals surface area contributed by atoms with Crippen molar-refractivity contribution in [2.24, 2.45) is 0 Å². The van der Waals surface area contributed by atoms with Crippen molar-refractivity contribution in [2.75, 3.05) is 36.6 Å². The zero-order chi connectivity index (χ0) is 17.5. The van der Waals surface area contributed by atoms with Crippen LogP contribution in [0.2, 0.25) is 5.02 Å². The standard InChI is InChI=1S/C18H32ClN3OS/c1-3-16-17(19)18(22-15-21-16)20-11-9-7-5-6-8-10-13-24-14-12-23-4-2/h15H,3-14H2,1-2H3,(H,20,21,22). The lowest BCUT2D eigenvalue weighted by Crippen LogP contribution is -2.05. The Morgan fingerprint density at radius 2 is 1.79 bits per heavy atom. The minimum Gasteiger partial charge on any atom is -0.381 e.